The number of fused-ring (bicyclic) bond motifs is 1. The smallest absolute Gasteiger partial charge is 0.273 e. The van der Waals surface area contributed by atoms with E-state index in [4.69, 9.17) is 10.3 Å². The van der Waals surface area contributed by atoms with Crippen molar-refractivity contribution in [2.24, 2.45) is 5.11 Å². The van der Waals surface area contributed by atoms with Crippen molar-refractivity contribution in [3.05, 3.63) is 89.7 Å². The van der Waals surface area contributed by atoms with E-state index in [9.17, 15) is 9.18 Å². The van der Waals surface area contributed by atoms with Crippen molar-refractivity contribution in [2.45, 2.75) is 31.8 Å². The van der Waals surface area contributed by atoms with Gasteiger partial charge in [0, 0.05) is 43.1 Å². The number of carbonyl (C=O) groups is 1. The van der Waals surface area contributed by atoms with Crippen LogP contribution in [0, 0.1) is 11.3 Å². The molecule has 3 aromatic heterocycles. The molecule has 1 saturated carbocycles. The van der Waals surface area contributed by atoms with Crippen molar-refractivity contribution in [1.29, 1.82) is 5.53 Å². The van der Waals surface area contributed by atoms with Crippen LogP contribution in [0.3, 0.4) is 0 Å². The van der Waals surface area contributed by atoms with Crippen LogP contribution in [-0.2, 0) is 17.9 Å². The molecule has 3 heterocycles. The lowest BCUT2D eigenvalue weighted by Crippen LogP contribution is -2.26. The Hall–Kier alpha value is -4.54. The number of rotatable bonds is 10. The lowest BCUT2D eigenvalue weighted by molar-refractivity contribution is -0.117. The minimum absolute atomic E-state index is 0.0504. The maximum Gasteiger partial charge on any atom is 0.273 e. The Balaban J connectivity index is 1.25. The molecule has 1 aromatic carbocycles. The second-order valence-corrected chi connectivity index (χ2v) is 8.47. The summed E-state index contributed by atoms with van der Waals surface area (Å²) in [6.07, 6.45) is 11.1. The minimum Gasteiger partial charge on any atom is -0.494 e. The summed E-state index contributed by atoms with van der Waals surface area (Å²) >= 11 is 0. The summed E-state index contributed by atoms with van der Waals surface area (Å²) < 4.78 is 23.6. The Morgan fingerprint density at radius 1 is 1.28 bits per heavy atom. The van der Waals surface area contributed by atoms with Gasteiger partial charge < -0.3 is 19.8 Å². The molecule has 0 saturated heterocycles. The van der Waals surface area contributed by atoms with Gasteiger partial charge in [0.2, 0.25) is 0 Å². The zero-order chi connectivity index (χ0) is 25.1. The second kappa shape index (κ2) is 9.98. The van der Waals surface area contributed by atoms with E-state index in [-0.39, 0.29) is 23.6 Å². The Labute approximate surface area is 206 Å². The normalized spacial score (nSPS) is 13.6. The number of amides is 1. The second-order valence-electron chi connectivity index (χ2n) is 8.47. The van der Waals surface area contributed by atoms with Gasteiger partial charge in [-0.2, -0.15) is 10.2 Å². The minimum atomic E-state index is -0.629. The van der Waals surface area contributed by atoms with Gasteiger partial charge in [-0.05, 0) is 48.6 Å². The largest absolute Gasteiger partial charge is 0.494 e. The molecule has 0 aliphatic heterocycles. The highest BCUT2D eigenvalue weighted by Crippen LogP contribution is 2.39. The molecule has 11 heteroatoms. The number of carbonyl (C=O) groups excluding carboxylic acids is 1. The monoisotopic (exact) mass is 488 g/mol. The molecule has 184 valence electrons. The fourth-order valence-corrected chi connectivity index (χ4v) is 4.01. The van der Waals surface area contributed by atoms with E-state index >= 15 is 0 Å². The third-order valence-corrected chi connectivity index (χ3v) is 6.03. The van der Waals surface area contributed by atoms with Gasteiger partial charge in [-0.15, -0.1) is 0 Å². The number of halogens is 1. The standard InChI is InChI=1S/C25H25FN8O2/c1-36-22-7-6-21(34-10-2-9-30-34)19(24(22)26)12-29-25(35)20(32-27)13-28-11-18-15-33-14-17(16-3-4-16)5-8-23(33)31-18/h2,5-10,13-16,27-28H,3-4,11-12H2,1H3,(H,29,35)/b20-13-,32-27?. The molecule has 0 radical (unpaired) electrons. The molecule has 1 aliphatic carbocycles. The molecule has 36 heavy (non-hydrogen) atoms. The maximum absolute atomic E-state index is 15.0. The van der Waals surface area contributed by atoms with Gasteiger partial charge in [-0.25, -0.2) is 19.6 Å². The first-order valence-corrected chi connectivity index (χ1v) is 11.5. The van der Waals surface area contributed by atoms with E-state index in [1.54, 1.807) is 24.5 Å². The number of benzene rings is 1. The van der Waals surface area contributed by atoms with Gasteiger partial charge in [-0.3, -0.25) is 4.79 Å². The number of aromatic nitrogens is 4. The third-order valence-electron chi connectivity index (χ3n) is 6.03. The highest BCUT2D eigenvalue weighted by Gasteiger charge is 2.23. The van der Waals surface area contributed by atoms with Crippen molar-refractivity contribution in [3.8, 4) is 11.4 Å². The topological polar surface area (TPSA) is 122 Å². The molecule has 5 rings (SSSR count). The summed E-state index contributed by atoms with van der Waals surface area (Å²) in [6, 6.07) is 8.98. The number of hydrogen-bond acceptors (Lipinski definition) is 7. The van der Waals surface area contributed by atoms with E-state index in [0.717, 1.165) is 11.3 Å². The molecule has 0 bridgehead atoms. The first-order chi connectivity index (χ1) is 17.6. The van der Waals surface area contributed by atoms with Crippen molar-refractivity contribution in [2.75, 3.05) is 7.11 Å². The van der Waals surface area contributed by atoms with Crippen LogP contribution in [-0.4, -0.2) is 32.2 Å². The third kappa shape index (κ3) is 4.81. The fraction of sp³-hybridized carbons (Fsp3) is 0.240. The van der Waals surface area contributed by atoms with Crippen LogP contribution in [0.1, 0.15) is 35.6 Å². The summed E-state index contributed by atoms with van der Waals surface area (Å²) in [4.78, 5) is 17.2. The molecule has 1 amide bonds. The molecular formula is C25H25FN8O2. The van der Waals surface area contributed by atoms with Crippen LogP contribution in [0.4, 0.5) is 4.39 Å². The molecule has 3 N–H and O–H groups in total. The predicted molar refractivity (Wildman–Crippen MR) is 129 cm³/mol. The van der Waals surface area contributed by atoms with Crippen LogP contribution in [0.15, 0.2) is 72.1 Å². The average Bonchev–Trinajstić information content (AvgIpc) is 3.43. The van der Waals surface area contributed by atoms with Gasteiger partial charge in [0.15, 0.2) is 17.3 Å². The zero-order valence-corrected chi connectivity index (χ0v) is 19.6. The summed E-state index contributed by atoms with van der Waals surface area (Å²) in [5, 5.41) is 13.1. The first kappa shape index (κ1) is 23.2. The number of nitrogens with one attached hydrogen (secondary N) is 3. The van der Waals surface area contributed by atoms with E-state index in [0.29, 0.717) is 18.2 Å². The van der Waals surface area contributed by atoms with Crippen molar-refractivity contribution in [3.63, 3.8) is 0 Å². The molecule has 0 unspecified atom stereocenters. The first-order valence-electron chi connectivity index (χ1n) is 11.5. The molecule has 0 spiro atoms. The molecule has 1 aliphatic rings. The number of methoxy groups -OCH3 is 1. The predicted octanol–water partition coefficient (Wildman–Crippen LogP) is 3.82. The quantitative estimate of drug-likeness (QED) is 0.231. The molecule has 10 nitrogen and oxygen atoms in total. The van der Waals surface area contributed by atoms with Gasteiger partial charge in [0.25, 0.3) is 5.91 Å². The van der Waals surface area contributed by atoms with Crippen molar-refractivity contribution >= 4 is 11.6 Å². The summed E-state index contributed by atoms with van der Waals surface area (Å²) in [5.74, 6) is -0.527. The summed E-state index contributed by atoms with van der Waals surface area (Å²) in [7, 11) is 1.37. The Morgan fingerprint density at radius 2 is 2.14 bits per heavy atom. The Bertz CT molecular complexity index is 1440. The highest BCUT2D eigenvalue weighted by atomic mass is 19.1. The number of pyridine rings is 1. The highest BCUT2D eigenvalue weighted by molar-refractivity contribution is 5.92. The number of ether oxygens (including phenoxy) is 1. The number of hydrogen-bond donors (Lipinski definition) is 3. The SMILES string of the molecule is COc1ccc(-n2cccn2)c(CNC(=O)/C(=C/NCc2cn3cc(C4CC4)ccc3n2)N=N)c1F. The number of nitrogens with zero attached hydrogens (tertiary/aromatic N) is 5. The van der Waals surface area contributed by atoms with Crippen LogP contribution in [0.2, 0.25) is 0 Å². The molecule has 4 aromatic rings. The molecule has 0 atom stereocenters. The van der Waals surface area contributed by atoms with Gasteiger partial charge >= 0.3 is 0 Å². The Kier molecular flexibility index (Phi) is 6.44. The van der Waals surface area contributed by atoms with E-state index in [1.165, 1.54) is 42.5 Å². The molecular weight excluding hydrogens is 463 g/mol. The van der Waals surface area contributed by atoms with E-state index in [2.05, 4.69) is 38.1 Å². The summed E-state index contributed by atoms with van der Waals surface area (Å²) in [6.45, 7) is 0.195. The van der Waals surface area contributed by atoms with E-state index in [1.807, 2.05) is 16.7 Å². The van der Waals surface area contributed by atoms with Crippen LogP contribution in [0.25, 0.3) is 11.3 Å². The van der Waals surface area contributed by atoms with E-state index < -0.39 is 11.7 Å². The van der Waals surface area contributed by atoms with Gasteiger partial charge in [0.05, 0.1) is 25.0 Å². The van der Waals surface area contributed by atoms with Crippen LogP contribution >= 0.6 is 0 Å². The van der Waals surface area contributed by atoms with Crippen molar-refractivity contribution in [1.82, 2.24) is 29.8 Å². The molecule has 1 fully saturated rings. The van der Waals surface area contributed by atoms with Crippen LogP contribution < -0.4 is 15.4 Å². The van der Waals surface area contributed by atoms with Gasteiger partial charge in [-0.1, -0.05) is 6.07 Å². The summed E-state index contributed by atoms with van der Waals surface area (Å²) in [5.41, 5.74) is 10.8. The van der Waals surface area contributed by atoms with Gasteiger partial charge in [0.1, 0.15) is 5.65 Å². The van der Waals surface area contributed by atoms with Crippen molar-refractivity contribution < 1.29 is 13.9 Å². The fourth-order valence-electron chi connectivity index (χ4n) is 4.01. The van der Waals surface area contributed by atoms with Crippen LogP contribution in [0.5, 0.6) is 5.75 Å². The number of imidazole rings is 1. The lowest BCUT2D eigenvalue weighted by atomic mass is 10.1. The zero-order valence-electron chi connectivity index (χ0n) is 19.6. The lowest BCUT2D eigenvalue weighted by Gasteiger charge is -2.14. The average molecular weight is 489 g/mol. The Morgan fingerprint density at radius 3 is 2.86 bits per heavy atom. The maximum atomic E-state index is 15.0.